The number of benzene rings is 2. The lowest BCUT2D eigenvalue weighted by Gasteiger charge is -2.14. The highest BCUT2D eigenvalue weighted by Gasteiger charge is 2.23. The van der Waals surface area contributed by atoms with Crippen molar-refractivity contribution in [3.8, 4) is 6.07 Å². The highest BCUT2D eigenvalue weighted by molar-refractivity contribution is 6.02. The van der Waals surface area contributed by atoms with Crippen molar-refractivity contribution in [1.29, 1.82) is 5.26 Å². The number of hydrazone groups is 1. The third-order valence-corrected chi connectivity index (χ3v) is 4.68. The molecule has 2 aromatic rings. The van der Waals surface area contributed by atoms with Gasteiger partial charge in [0, 0.05) is 18.5 Å². The van der Waals surface area contributed by atoms with Crippen LogP contribution in [0.1, 0.15) is 37.3 Å². The molecule has 0 saturated heterocycles. The van der Waals surface area contributed by atoms with E-state index in [4.69, 9.17) is 10.00 Å². The molecular weight excluding hydrogens is 396 g/mol. The molecule has 8 nitrogen and oxygen atoms in total. The van der Waals surface area contributed by atoms with Crippen LogP contribution in [0.15, 0.2) is 59.7 Å². The number of carbonyl (C=O) groups is 3. The normalized spacial score (nSPS) is 13.7. The highest BCUT2D eigenvalue weighted by Crippen LogP contribution is 2.15. The first-order chi connectivity index (χ1) is 15.0. The summed E-state index contributed by atoms with van der Waals surface area (Å²) >= 11 is 0. The molecule has 0 fully saturated rings. The molecule has 31 heavy (non-hydrogen) atoms. The van der Waals surface area contributed by atoms with Crippen LogP contribution in [-0.2, 0) is 19.1 Å². The van der Waals surface area contributed by atoms with Gasteiger partial charge in [-0.25, -0.2) is 5.01 Å². The number of carbonyl (C=O) groups excluding carboxylic acids is 3. The van der Waals surface area contributed by atoms with Gasteiger partial charge in [0.15, 0.2) is 6.10 Å². The van der Waals surface area contributed by atoms with Crippen LogP contribution in [0.25, 0.3) is 0 Å². The van der Waals surface area contributed by atoms with E-state index in [2.05, 4.69) is 10.4 Å². The van der Waals surface area contributed by atoms with Gasteiger partial charge < -0.3 is 10.1 Å². The number of hydrogen-bond acceptors (Lipinski definition) is 6. The summed E-state index contributed by atoms with van der Waals surface area (Å²) in [6.07, 6.45) is -0.580. The number of ether oxygens (including phenoxy) is 1. The molecule has 1 aliphatic rings. The molecule has 0 spiro atoms. The molecule has 2 aromatic carbocycles. The molecule has 1 aliphatic heterocycles. The summed E-state index contributed by atoms with van der Waals surface area (Å²) in [5, 5.41) is 17.2. The Hall–Kier alpha value is -3.99. The minimum Gasteiger partial charge on any atom is -0.453 e. The fraction of sp³-hybridized carbons (Fsp3) is 0.261. The number of hydrogen-bond donors (Lipinski definition) is 1. The summed E-state index contributed by atoms with van der Waals surface area (Å²) < 4.78 is 5.12. The molecule has 1 heterocycles. The van der Waals surface area contributed by atoms with Gasteiger partial charge in [-0.2, -0.15) is 10.4 Å². The van der Waals surface area contributed by atoms with Gasteiger partial charge in [0.1, 0.15) is 0 Å². The molecule has 0 aromatic heterocycles. The van der Waals surface area contributed by atoms with Crippen molar-refractivity contribution < 1.29 is 19.1 Å². The molecule has 0 unspecified atom stereocenters. The standard InChI is InChI=1S/C23H22N4O4/c1-16(23(30)25-19-9-5-6-17(14-19)15-24)31-22(29)11-10-21(28)27-13-12-20(26-27)18-7-3-2-4-8-18/h2-9,14,16H,10-13H2,1H3,(H,25,30)/t16-/m1/s1. The zero-order valence-corrected chi connectivity index (χ0v) is 17.1. The van der Waals surface area contributed by atoms with Crippen LogP contribution < -0.4 is 5.32 Å². The molecule has 1 N–H and O–H groups in total. The average Bonchev–Trinajstić information content (AvgIpc) is 3.28. The lowest BCUT2D eigenvalue weighted by Crippen LogP contribution is -2.30. The van der Waals surface area contributed by atoms with Crippen LogP contribution in [0, 0.1) is 11.3 Å². The molecule has 8 heteroatoms. The maximum atomic E-state index is 12.4. The topological polar surface area (TPSA) is 112 Å². The van der Waals surface area contributed by atoms with E-state index in [1.165, 1.54) is 18.0 Å². The summed E-state index contributed by atoms with van der Waals surface area (Å²) in [6.45, 7) is 1.92. The van der Waals surface area contributed by atoms with Gasteiger partial charge in [-0.05, 0) is 30.7 Å². The van der Waals surface area contributed by atoms with E-state index in [0.29, 0.717) is 24.2 Å². The first-order valence-electron chi connectivity index (χ1n) is 9.90. The Morgan fingerprint density at radius 3 is 2.68 bits per heavy atom. The largest absolute Gasteiger partial charge is 0.453 e. The molecular formula is C23H22N4O4. The molecule has 1 atom stereocenters. The van der Waals surface area contributed by atoms with E-state index in [1.807, 2.05) is 36.4 Å². The van der Waals surface area contributed by atoms with Gasteiger partial charge in [0.05, 0.1) is 30.3 Å². The Morgan fingerprint density at radius 1 is 1.16 bits per heavy atom. The molecule has 3 rings (SSSR count). The van der Waals surface area contributed by atoms with E-state index < -0.39 is 18.0 Å². The smallest absolute Gasteiger partial charge is 0.307 e. The van der Waals surface area contributed by atoms with Crippen molar-refractivity contribution in [2.45, 2.75) is 32.3 Å². The molecule has 158 valence electrons. The van der Waals surface area contributed by atoms with E-state index in [0.717, 1.165) is 11.3 Å². The molecule has 0 saturated carbocycles. The number of nitrogens with zero attached hydrogens (tertiary/aromatic N) is 3. The van der Waals surface area contributed by atoms with Gasteiger partial charge in [-0.1, -0.05) is 36.4 Å². The Kier molecular flexibility index (Phi) is 7.12. The van der Waals surface area contributed by atoms with Gasteiger partial charge >= 0.3 is 5.97 Å². The number of rotatable bonds is 7. The predicted molar refractivity (Wildman–Crippen MR) is 114 cm³/mol. The second kappa shape index (κ2) is 10.2. The Morgan fingerprint density at radius 2 is 1.94 bits per heavy atom. The van der Waals surface area contributed by atoms with Crippen molar-refractivity contribution in [3.63, 3.8) is 0 Å². The average molecular weight is 418 g/mol. The lowest BCUT2D eigenvalue weighted by molar-refractivity contribution is -0.154. The zero-order valence-electron chi connectivity index (χ0n) is 17.1. The molecule has 0 aliphatic carbocycles. The molecule has 0 radical (unpaired) electrons. The summed E-state index contributed by atoms with van der Waals surface area (Å²) in [6, 6.07) is 18.0. The van der Waals surface area contributed by atoms with Crippen LogP contribution in [-0.4, -0.2) is 41.2 Å². The van der Waals surface area contributed by atoms with E-state index in [9.17, 15) is 14.4 Å². The fourth-order valence-corrected chi connectivity index (χ4v) is 3.03. The maximum Gasteiger partial charge on any atom is 0.307 e. The zero-order chi connectivity index (χ0) is 22.2. The number of nitrogens with one attached hydrogen (secondary N) is 1. The molecule has 0 bridgehead atoms. The SMILES string of the molecule is C[C@@H](OC(=O)CCC(=O)N1CCC(c2ccccc2)=N1)C(=O)Nc1cccc(C#N)c1. The Labute approximate surface area is 180 Å². The van der Waals surface area contributed by atoms with Gasteiger partial charge in [0.2, 0.25) is 5.91 Å². The highest BCUT2D eigenvalue weighted by atomic mass is 16.5. The van der Waals surface area contributed by atoms with Crippen molar-refractivity contribution >= 4 is 29.2 Å². The number of anilines is 1. The Bertz CT molecular complexity index is 1040. The predicted octanol–water partition coefficient (Wildman–Crippen LogP) is 2.85. The van der Waals surface area contributed by atoms with Crippen LogP contribution in [0.2, 0.25) is 0 Å². The summed E-state index contributed by atoms with van der Waals surface area (Å²) in [5.74, 6) is -1.44. The van der Waals surface area contributed by atoms with Crippen molar-refractivity contribution in [3.05, 3.63) is 65.7 Å². The Balaban J connectivity index is 1.45. The van der Waals surface area contributed by atoms with Gasteiger partial charge in [-0.15, -0.1) is 0 Å². The monoisotopic (exact) mass is 418 g/mol. The third kappa shape index (κ3) is 6.00. The lowest BCUT2D eigenvalue weighted by atomic mass is 10.1. The van der Waals surface area contributed by atoms with Crippen LogP contribution >= 0.6 is 0 Å². The minimum atomic E-state index is -1.04. The van der Waals surface area contributed by atoms with Crippen molar-refractivity contribution in [2.24, 2.45) is 5.10 Å². The van der Waals surface area contributed by atoms with E-state index in [1.54, 1.807) is 18.2 Å². The number of nitriles is 1. The van der Waals surface area contributed by atoms with E-state index >= 15 is 0 Å². The maximum absolute atomic E-state index is 12.4. The summed E-state index contributed by atoms with van der Waals surface area (Å²) in [4.78, 5) is 36.6. The van der Waals surface area contributed by atoms with E-state index in [-0.39, 0.29) is 18.7 Å². The van der Waals surface area contributed by atoms with Crippen LogP contribution in [0.4, 0.5) is 5.69 Å². The third-order valence-electron chi connectivity index (χ3n) is 4.68. The first kappa shape index (κ1) is 21.7. The number of amides is 2. The first-order valence-corrected chi connectivity index (χ1v) is 9.90. The minimum absolute atomic E-state index is 0.0526. The summed E-state index contributed by atoms with van der Waals surface area (Å²) in [7, 11) is 0. The quantitative estimate of drug-likeness (QED) is 0.695. The molecule has 2 amide bonds. The van der Waals surface area contributed by atoms with Gasteiger partial charge in [-0.3, -0.25) is 14.4 Å². The second-order valence-corrected chi connectivity index (χ2v) is 6.99. The second-order valence-electron chi connectivity index (χ2n) is 6.99. The number of esters is 1. The fourth-order valence-electron chi connectivity index (χ4n) is 3.03. The van der Waals surface area contributed by atoms with Crippen LogP contribution in [0.3, 0.4) is 0 Å². The van der Waals surface area contributed by atoms with Crippen molar-refractivity contribution in [1.82, 2.24) is 5.01 Å². The van der Waals surface area contributed by atoms with Gasteiger partial charge in [0.25, 0.3) is 5.91 Å². The van der Waals surface area contributed by atoms with Crippen molar-refractivity contribution in [2.75, 3.05) is 11.9 Å². The summed E-state index contributed by atoms with van der Waals surface area (Å²) in [5.41, 5.74) is 2.64. The van der Waals surface area contributed by atoms with Crippen LogP contribution in [0.5, 0.6) is 0 Å².